The van der Waals surface area contributed by atoms with Gasteiger partial charge in [0.05, 0.1) is 27.8 Å². The van der Waals surface area contributed by atoms with Crippen molar-refractivity contribution < 1.29 is 4.39 Å². The zero-order valence-electron chi connectivity index (χ0n) is 9.65. The first kappa shape index (κ1) is 12.6. The maximum Gasteiger partial charge on any atom is 0.139 e. The van der Waals surface area contributed by atoms with Crippen LogP contribution in [0.3, 0.4) is 0 Å². The summed E-state index contributed by atoms with van der Waals surface area (Å²) < 4.78 is 15.9. The molecule has 0 saturated heterocycles. The zero-order valence-corrected chi connectivity index (χ0v) is 12.0. The molecule has 1 aromatic carbocycles. The molecule has 0 aliphatic carbocycles. The topological polar surface area (TPSA) is 30.7 Å². The average Bonchev–Trinajstić information content (AvgIpc) is 2.80. The standard InChI is InChI=1S/C13H8BrClFN3/c14-9-2-1-8(5-10(9)16)19-12-3-4-17-7-11(12)18-13(19)6-15/h1-5,7H,6H2. The molecular weight excluding hydrogens is 333 g/mol. The van der Waals surface area contributed by atoms with Crippen molar-refractivity contribution in [2.45, 2.75) is 5.88 Å². The molecule has 3 nitrogen and oxygen atoms in total. The molecule has 2 heterocycles. The number of rotatable bonds is 2. The van der Waals surface area contributed by atoms with E-state index in [1.54, 1.807) is 18.5 Å². The highest BCUT2D eigenvalue weighted by Crippen LogP contribution is 2.25. The van der Waals surface area contributed by atoms with Crippen LogP contribution in [-0.4, -0.2) is 14.5 Å². The molecule has 0 radical (unpaired) electrons. The number of aromatic nitrogens is 3. The predicted octanol–water partition coefficient (Wildman–Crippen LogP) is 4.06. The van der Waals surface area contributed by atoms with Gasteiger partial charge in [-0.15, -0.1) is 11.6 Å². The Labute approximate surface area is 122 Å². The van der Waals surface area contributed by atoms with Crippen LogP contribution in [-0.2, 0) is 5.88 Å². The molecule has 0 saturated carbocycles. The monoisotopic (exact) mass is 339 g/mol. The summed E-state index contributed by atoms with van der Waals surface area (Å²) >= 11 is 9.06. The summed E-state index contributed by atoms with van der Waals surface area (Å²) in [6.07, 6.45) is 3.34. The fourth-order valence-corrected chi connectivity index (χ4v) is 2.41. The van der Waals surface area contributed by atoms with Crippen LogP contribution in [0.4, 0.5) is 4.39 Å². The lowest BCUT2D eigenvalue weighted by Crippen LogP contribution is -2.00. The van der Waals surface area contributed by atoms with Gasteiger partial charge in [0, 0.05) is 6.20 Å². The van der Waals surface area contributed by atoms with E-state index >= 15 is 0 Å². The molecule has 0 N–H and O–H groups in total. The van der Waals surface area contributed by atoms with Crippen LogP contribution < -0.4 is 0 Å². The van der Waals surface area contributed by atoms with E-state index in [-0.39, 0.29) is 11.7 Å². The van der Waals surface area contributed by atoms with Gasteiger partial charge in [-0.2, -0.15) is 0 Å². The molecule has 19 heavy (non-hydrogen) atoms. The predicted molar refractivity (Wildman–Crippen MR) is 76.1 cm³/mol. The molecule has 0 spiro atoms. The van der Waals surface area contributed by atoms with E-state index in [1.807, 2.05) is 16.7 Å². The molecule has 6 heteroatoms. The van der Waals surface area contributed by atoms with Crippen LogP contribution in [0.1, 0.15) is 5.82 Å². The molecule has 0 bridgehead atoms. The quantitative estimate of drug-likeness (QED) is 0.659. The Morgan fingerprint density at radius 1 is 1.32 bits per heavy atom. The molecule has 0 unspecified atom stereocenters. The van der Waals surface area contributed by atoms with E-state index in [1.165, 1.54) is 6.07 Å². The number of halogens is 3. The Hall–Kier alpha value is -1.46. The first-order valence-electron chi connectivity index (χ1n) is 5.53. The van der Waals surface area contributed by atoms with Crippen molar-refractivity contribution in [3.05, 3.63) is 52.8 Å². The lowest BCUT2D eigenvalue weighted by Gasteiger charge is -2.08. The summed E-state index contributed by atoms with van der Waals surface area (Å²) in [7, 11) is 0. The third-order valence-corrected chi connectivity index (χ3v) is 3.69. The Balaban J connectivity index is 2.31. The van der Waals surface area contributed by atoms with E-state index in [2.05, 4.69) is 25.9 Å². The summed E-state index contributed by atoms with van der Waals surface area (Å²) in [5.41, 5.74) is 2.28. The van der Waals surface area contributed by atoms with Gasteiger partial charge in [0.2, 0.25) is 0 Å². The second-order valence-corrected chi connectivity index (χ2v) is 5.08. The van der Waals surface area contributed by atoms with Gasteiger partial charge in [-0.05, 0) is 40.2 Å². The first-order valence-corrected chi connectivity index (χ1v) is 6.86. The Morgan fingerprint density at radius 3 is 2.89 bits per heavy atom. The third-order valence-electron chi connectivity index (χ3n) is 2.81. The minimum atomic E-state index is -0.325. The van der Waals surface area contributed by atoms with Crippen molar-refractivity contribution in [3.8, 4) is 5.69 Å². The van der Waals surface area contributed by atoms with E-state index in [9.17, 15) is 4.39 Å². The van der Waals surface area contributed by atoms with Crippen LogP contribution in [0.25, 0.3) is 16.7 Å². The van der Waals surface area contributed by atoms with Gasteiger partial charge in [-0.25, -0.2) is 9.37 Å². The van der Waals surface area contributed by atoms with Gasteiger partial charge in [0.15, 0.2) is 0 Å². The number of hydrogen-bond acceptors (Lipinski definition) is 2. The minimum absolute atomic E-state index is 0.242. The highest BCUT2D eigenvalue weighted by molar-refractivity contribution is 9.10. The molecule has 0 fully saturated rings. The van der Waals surface area contributed by atoms with E-state index in [4.69, 9.17) is 11.6 Å². The number of benzene rings is 1. The van der Waals surface area contributed by atoms with Gasteiger partial charge in [0.25, 0.3) is 0 Å². The first-order chi connectivity index (χ1) is 9.20. The Kier molecular flexibility index (Phi) is 3.24. The number of fused-ring (bicyclic) bond motifs is 1. The summed E-state index contributed by atoms with van der Waals surface area (Å²) in [5.74, 6) is 0.576. The largest absolute Gasteiger partial charge is 0.295 e. The maximum absolute atomic E-state index is 13.7. The fourth-order valence-electron chi connectivity index (χ4n) is 1.98. The van der Waals surface area contributed by atoms with Crippen LogP contribution in [0, 0.1) is 5.82 Å². The van der Waals surface area contributed by atoms with Gasteiger partial charge in [-0.1, -0.05) is 0 Å². The summed E-state index contributed by atoms with van der Waals surface area (Å²) in [6.45, 7) is 0. The number of nitrogens with zero attached hydrogens (tertiary/aromatic N) is 3. The molecule has 3 aromatic rings. The van der Waals surface area contributed by atoms with Crippen LogP contribution in [0.5, 0.6) is 0 Å². The summed E-state index contributed by atoms with van der Waals surface area (Å²) in [6, 6.07) is 6.75. The lowest BCUT2D eigenvalue weighted by atomic mass is 10.3. The molecular formula is C13H8BrClFN3. The number of hydrogen-bond donors (Lipinski definition) is 0. The molecule has 3 rings (SSSR count). The fraction of sp³-hybridized carbons (Fsp3) is 0.0769. The second-order valence-electron chi connectivity index (χ2n) is 3.96. The van der Waals surface area contributed by atoms with E-state index in [0.29, 0.717) is 16.0 Å². The third kappa shape index (κ3) is 2.13. The normalized spacial score (nSPS) is 11.1. The number of alkyl halides is 1. The number of pyridine rings is 1. The minimum Gasteiger partial charge on any atom is -0.295 e. The number of imidazole rings is 1. The second kappa shape index (κ2) is 4.90. The van der Waals surface area contributed by atoms with Crippen molar-refractivity contribution in [2.24, 2.45) is 0 Å². The smallest absolute Gasteiger partial charge is 0.139 e. The van der Waals surface area contributed by atoms with Crippen molar-refractivity contribution >= 4 is 38.6 Å². The van der Waals surface area contributed by atoms with Crippen molar-refractivity contribution in [2.75, 3.05) is 0 Å². The van der Waals surface area contributed by atoms with Crippen molar-refractivity contribution in [3.63, 3.8) is 0 Å². The Bertz CT molecular complexity index is 757. The van der Waals surface area contributed by atoms with Crippen molar-refractivity contribution in [1.82, 2.24) is 14.5 Å². The van der Waals surface area contributed by atoms with E-state index < -0.39 is 0 Å². The van der Waals surface area contributed by atoms with Crippen LogP contribution >= 0.6 is 27.5 Å². The Morgan fingerprint density at radius 2 is 2.16 bits per heavy atom. The van der Waals surface area contributed by atoms with Gasteiger partial charge < -0.3 is 0 Å². The summed E-state index contributed by atoms with van der Waals surface area (Å²) in [5, 5.41) is 0. The molecule has 0 aliphatic heterocycles. The van der Waals surface area contributed by atoms with Crippen LogP contribution in [0.15, 0.2) is 41.1 Å². The molecule has 0 atom stereocenters. The average molecular weight is 341 g/mol. The maximum atomic E-state index is 13.7. The van der Waals surface area contributed by atoms with Crippen LogP contribution in [0.2, 0.25) is 0 Å². The summed E-state index contributed by atoms with van der Waals surface area (Å²) in [4.78, 5) is 8.42. The van der Waals surface area contributed by atoms with Gasteiger partial charge >= 0.3 is 0 Å². The molecule has 2 aromatic heterocycles. The highest BCUT2D eigenvalue weighted by atomic mass is 79.9. The molecule has 0 amide bonds. The molecule has 96 valence electrons. The van der Waals surface area contributed by atoms with E-state index in [0.717, 1.165) is 11.0 Å². The van der Waals surface area contributed by atoms with Crippen molar-refractivity contribution in [1.29, 1.82) is 0 Å². The molecule has 0 aliphatic rings. The van der Waals surface area contributed by atoms with Gasteiger partial charge in [0.1, 0.15) is 17.2 Å². The SMILES string of the molecule is Fc1cc(-n2c(CCl)nc3cnccc32)ccc1Br. The lowest BCUT2D eigenvalue weighted by molar-refractivity contribution is 0.620. The highest BCUT2D eigenvalue weighted by Gasteiger charge is 2.12. The van der Waals surface area contributed by atoms with Gasteiger partial charge in [-0.3, -0.25) is 9.55 Å². The zero-order chi connectivity index (χ0) is 13.4.